The number of aromatic carboxylic acids is 1. The fraction of sp³-hybridized carbons (Fsp3) is 0.308. The van der Waals surface area contributed by atoms with Crippen LogP contribution in [-0.4, -0.2) is 22.8 Å². The molecule has 1 aromatic heterocycles. The minimum atomic E-state index is -0.868. The summed E-state index contributed by atoms with van der Waals surface area (Å²) in [6, 6.07) is 7.73. The van der Waals surface area contributed by atoms with Crippen molar-refractivity contribution in [3.63, 3.8) is 0 Å². The lowest BCUT2D eigenvalue weighted by atomic mass is 10.2. The molecular formula is C13H13NO3. The number of carboxylic acids is 1. The molecule has 1 saturated carbocycles. The number of hydrogen-bond acceptors (Lipinski definition) is 2. The lowest BCUT2D eigenvalue weighted by Crippen LogP contribution is -2.06. The molecule has 88 valence electrons. The fourth-order valence-corrected chi connectivity index (χ4v) is 2.22. The Bertz CT molecular complexity index is 596. The summed E-state index contributed by atoms with van der Waals surface area (Å²) in [5.74, 6) is -0.110. The maximum absolute atomic E-state index is 11.2. The SMILES string of the molecule is COc1ccc2cc(C(=O)O)n(C3CC3)c2c1. The molecule has 0 saturated heterocycles. The van der Waals surface area contributed by atoms with Crippen LogP contribution in [0.2, 0.25) is 0 Å². The molecule has 1 N–H and O–H groups in total. The van der Waals surface area contributed by atoms with Crippen LogP contribution in [0.15, 0.2) is 24.3 Å². The molecule has 0 atom stereocenters. The number of fused-ring (bicyclic) bond motifs is 1. The molecule has 1 aliphatic carbocycles. The molecule has 2 aromatic rings. The molecule has 0 spiro atoms. The van der Waals surface area contributed by atoms with Crippen LogP contribution in [0.1, 0.15) is 29.4 Å². The molecule has 0 bridgehead atoms. The average Bonchev–Trinajstić information content (AvgIpc) is 3.08. The summed E-state index contributed by atoms with van der Waals surface area (Å²) in [6.45, 7) is 0. The molecule has 1 fully saturated rings. The Morgan fingerprint density at radius 2 is 2.18 bits per heavy atom. The number of hydrogen-bond donors (Lipinski definition) is 1. The Kier molecular flexibility index (Phi) is 2.11. The Hall–Kier alpha value is -1.97. The van der Waals surface area contributed by atoms with E-state index < -0.39 is 5.97 Å². The Morgan fingerprint density at radius 1 is 1.41 bits per heavy atom. The van der Waals surface area contributed by atoms with Crippen molar-refractivity contribution in [1.29, 1.82) is 0 Å². The van der Waals surface area contributed by atoms with Gasteiger partial charge < -0.3 is 14.4 Å². The molecule has 4 nitrogen and oxygen atoms in total. The van der Waals surface area contributed by atoms with E-state index in [1.54, 1.807) is 13.2 Å². The second-order valence-corrected chi connectivity index (χ2v) is 4.36. The molecule has 0 aliphatic heterocycles. The first kappa shape index (κ1) is 10.2. The standard InChI is InChI=1S/C13H13NO3/c1-17-10-5-2-8-6-12(13(15)16)14(9-3-4-9)11(8)7-10/h2,5-7,9H,3-4H2,1H3,(H,15,16). The molecule has 1 aliphatic rings. The van der Waals surface area contributed by atoms with Gasteiger partial charge in [0.15, 0.2) is 0 Å². The predicted molar refractivity (Wildman–Crippen MR) is 63.7 cm³/mol. The number of methoxy groups -OCH3 is 1. The van der Waals surface area contributed by atoms with E-state index >= 15 is 0 Å². The number of nitrogens with zero attached hydrogens (tertiary/aromatic N) is 1. The van der Waals surface area contributed by atoms with Crippen LogP contribution >= 0.6 is 0 Å². The van der Waals surface area contributed by atoms with Crippen molar-refractivity contribution in [2.45, 2.75) is 18.9 Å². The molecule has 0 unspecified atom stereocenters. The van der Waals surface area contributed by atoms with Crippen LogP contribution < -0.4 is 4.74 Å². The fourth-order valence-electron chi connectivity index (χ4n) is 2.22. The van der Waals surface area contributed by atoms with Crippen molar-refractivity contribution >= 4 is 16.9 Å². The molecule has 0 radical (unpaired) electrons. The molecular weight excluding hydrogens is 218 g/mol. The quantitative estimate of drug-likeness (QED) is 0.883. The van der Waals surface area contributed by atoms with Gasteiger partial charge in [-0.25, -0.2) is 4.79 Å². The van der Waals surface area contributed by atoms with Gasteiger partial charge in [-0.05, 0) is 31.0 Å². The summed E-state index contributed by atoms with van der Waals surface area (Å²) in [5, 5.41) is 10.2. The summed E-state index contributed by atoms with van der Waals surface area (Å²) in [7, 11) is 1.61. The van der Waals surface area contributed by atoms with Gasteiger partial charge in [-0.1, -0.05) is 0 Å². The molecule has 1 heterocycles. The smallest absolute Gasteiger partial charge is 0.352 e. The van der Waals surface area contributed by atoms with E-state index in [9.17, 15) is 9.90 Å². The highest BCUT2D eigenvalue weighted by Gasteiger charge is 2.29. The highest BCUT2D eigenvalue weighted by molar-refractivity contribution is 5.95. The van der Waals surface area contributed by atoms with Crippen molar-refractivity contribution < 1.29 is 14.6 Å². The zero-order valence-electron chi connectivity index (χ0n) is 9.51. The number of carbonyl (C=O) groups is 1. The predicted octanol–water partition coefficient (Wildman–Crippen LogP) is 2.68. The van der Waals surface area contributed by atoms with Crippen LogP contribution in [0, 0.1) is 0 Å². The van der Waals surface area contributed by atoms with Crippen LogP contribution in [-0.2, 0) is 0 Å². The van der Waals surface area contributed by atoms with Gasteiger partial charge >= 0.3 is 5.97 Å². The first-order valence-corrected chi connectivity index (χ1v) is 5.63. The second-order valence-electron chi connectivity index (χ2n) is 4.36. The number of ether oxygens (including phenoxy) is 1. The zero-order chi connectivity index (χ0) is 12.0. The van der Waals surface area contributed by atoms with E-state index in [2.05, 4.69) is 0 Å². The number of carboxylic acid groups (broad SMARTS) is 1. The van der Waals surface area contributed by atoms with Gasteiger partial charge in [0.05, 0.1) is 12.6 Å². The summed E-state index contributed by atoms with van der Waals surface area (Å²) < 4.78 is 7.10. The van der Waals surface area contributed by atoms with Crippen molar-refractivity contribution in [2.24, 2.45) is 0 Å². The molecule has 0 amide bonds. The highest BCUT2D eigenvalue weighted by atomic mass is 16.5. The van der Waals surface area contributed by atoms with E-state index in [1.807, 2.05) is 22.8 Å². The maximum atomic E-state index is 11.2. The Labute approximate surface area is 98.4 Å². The molecule has 4 heteroatoms. The summed E-state index contributed by atoms with van der Waals surface area (Å²) in [6.07, 6.45) is 2.11. The first-order chi connectivity index (χ1) is 8.20. The Balaban J connectivity index is 2.28. The monoisotopic (exact) mass is 231 g/mol. The van der Waals surface area contributed by atoms with Crippen molar-refractivity contribution in [3.05, 3.63) is 30.0 Å². The van der Waals surface area contributed by atoms with E-state index in [-0.39, 0.29) is 0 Å². The Morgan fingerprint density at radius 3 is 2.76 bits per heavy atom. The van der Waals surface area contributed by atoms with Crippen LogP contribution in [0.25, 0.3) is 10.9 Å². The van der Waals surface area contributed by atoms with Gasteiger partial charge in [0.2, 0.25) is 0 Å². The van der Waals surface area contributed by atoms with Crippen molar-refractivity contribution in [3.8, 4) is 5.75 Å². The van der Waals surface area contributed by atoms with Crippen LogP contribution in [0.3, 0.4) is 0 Å². The van der Waals surface area contributed by atoms with Gasteiger partial charge in [0, 0.05) is 17.5 Å². The third-order valence-corrected chi connectivity index (χ3v) is 3.18. The average molecular weight is 231 g/mol. The van der Waals surface area contributed by atoms with E-state index in [0.717, 1.165) is 29.5 Å². The first-order valence-electron chi connectivity index (χ1n) is 5.63. The van der Waals surface area contributed by atoms with Gasteiger partial charge in [-0.3, -0.25) is 0 Å². The second kappa shape index (κ2) is 3.52. The topological polar surface area (TPSA) is 51.5 Å². The largest absolute Gasteiger partial charge is 0.497 e. The van der Waals surface area contributed by atoms with E-state index in [0.29, 0.717) is 11.7 Å². The van der Waals surface area contributed by atoms with Crippen LogP contribution in [0.5, 0.6) is 5.75 Å². The van der Waals surface area contributed by atoms with Gasteiger partial charge in [-0.15, -0.1) is 0 Å². The third kappa shape index (κ3) is 1.56. The van der Waals surface area contributed by atoms with Crippen LogP contribution in [0.4, 0.5) is 0 Å². The highest BCUT2D eigenvalue weighted by Crippen LogP contribution is 2.40. The van der Waals surface area contributed by atoms with Crippen molar-refractivity contribution in [1.82, 2.24) is 4.57 Å². The van der Waals surface area contributed by atoms with Crippen molar-refractivity contribution in [2.75, 3.05) is 7.11 Å². The minimum absolute atomic E-state index is 0.339. The van der Waals surface area contributed by atoms with E-state index in [1.165, 1.54) is 0 Å². The lowest BCUT2D eigenvalue weighted by molar-refractivity contribution is 0.0685. The molecule has 17 heavy (non-hydrogen) atoms. The van der Waals surface area contributed by atoms with Gasteiger partial charge in [-0.2, -0.15) is 0 Å². The molecule has 1 aromatic carbocycles. The maximum Gasteiger partial charge on any atom is 0.352 e. The van der Waals surface area contributed by atoms with Gasteiger partial charge in [0.1, 0.15) is 11.4 Å². The number of benzene rings is 1. The molecule has 3 rings (SSSR count). The normalized spacial score (nSPS) is 15.1. The lowest BCUT2D eigenvalue weighted by Gasteiger charge is -2.07. The minimum Gasteiger partial charge on any atom is -0.497 e. The van der Waals surface area contributed by atoms with E-state index in [4.69, 9.17) is 4.74 Å². The number of aromatic nitrogens is 1. The summed E-state index contributed by atoms with van der Waals surface area (Å²) >= 11 is 0. The number of rotatable bonds is 3. The zero-order valence-corrected chi connectivity index (χ0v) is 9.51. The summed E-state index contributed by atoms with van der Waals surface area (Å²) in [5.41, 5.74) is 1.32. The van der Waals surface area contributed by atoms with Gasteiger partial charge in [0.25, 0.3) is 0 Å². The summed E-state index contributed by atoms with van der Waals surface area (Å²) in [4.78, 5) is 11.2. The third-order valence-electron chi connectivity index (χ3n) is 3.18.